The standard InChI is InChI=1S/C23H17ClN2O4.C17H14ClNO2/c1-30-23(27)19-14-18(24)8-7-16(19)12-15-6-9-20-17(13-15)10-11-25(20)21-4-2-3-5-22(21)26(28)29;1-21-17(20)15-10-14(18)4-3-12(15)8-11-2-5-16-13(9-11)6-7-19-16/h2-11,13-14H,12H2,1H3;2-7,9-10,19H,8H2,1H3. The first-order valence-electron chi connectivity index (χ1n) is 15.8. The minimum atomic E-state index is -0.434. The van der Waals surface area contributed by atoms with E-state index in [1.54, 1.807) is 47.0 Å². The molecule has 0 amide bonds. The highest BCUT2D eigenvalue weighted by atomic mass is 35.5. The summed E-state index contributed by atoms with van der Waals surface area (Å²) in [5.41, 5.74) is 7.30. The normalized spacial score (nSPS) is 10.8. The predicted octanol–water partition coefficient (Wildman–Crippen LogP) is 9.77. The van der Waals surface area contributed by atoms with Crippen molar-refractivity contribution in [3.63, 3.8) is 0 Å². The SMILES string of the molecule is COC(=O)c1cc(Cl)ccc1Cc1ccc2[nH]ccc2c1.COC(=O)c1cc(Cl)ccc1Cc1ccc2c(ccn2-c2ccccc2[N+](=O)[O-])c1. The van der Waals surface area contributed by atoms with Gasteiger partial charge in [-0.05, 0) is 107 Å². The number of aromatic amines is 1. The van der Waals surface area contributed by atoms with Crippen LogP contribution in [0.3, 0.4) is 0 Å². The van der Waals surface area contributed by atoms with Crippen LogP contribution in [0.1, 0.15) is 43.0 Å². The Balaban J connectivity index is 0.000000187. The molecule has 0 bridgehead atoms. The Bertz CT molecular complexity index is 2420. The Kier molecular flexibility index (Phi) is 10.5. The number of H-pyrrole nitrogens is 1. The van der Waals surface area contributed by atoms with Crippen LogP contribution in [-0.4, -0.2) is 40.6 Å². The molecule has 0 aliphatic carbocycles. The van der Waals surface area contributed by atoms with Crippen LogP contribution in [0, 0.1) is 10.1 Å². The number of nitrogens with zero attached hydrogens (tertiary/aromatic N) is 2. The number of fused-ring (bicyclic) bond motifs is 2. The van der Waals surface area contributed by atoms with Gasteiger partial charge in [0.2, 0.25) is 0 Å². The third kappa shape index (κ3) is 7.80. The van der Waals surface area contributed by atoms with E-state index in [1.807, 2.05) is 60.9 Å². The van der Waals surface area contributed by atoms with Gasteiger partial charge < -0.3 is 19.0 Å². The minimum Gasteiger partial charge on any atom is -0.465 e. The summed E-state index contributed by atoms with van der Waals surface area (Å²) in [6.07, 6.45) is 4.91. The molecule has 0 atom stereocenters. The van der Waals surface area contributed by atoms with Crippen molar-refractivity contribution < 1.29 is 24.0 Å². The molecule has 7 rings (SSSR count). The lowest BCUT2D eigenvalue weighted by Crippen LogP contribution is -2.06. The van der Waals surface area contributed by atoms with Crippen LogP contribution in [0.4, 0.5) is 5.69 Å². The number of para-hydroxylation sites is 2. The number of ether oxygens (including phenoxy) is 2. The minimum absolute atomic E-state index is 0.0444. The van der Waals surface area contributed by atoms with Crippen molar-refractivity contribution in [2.24, 2.45) is 0 Å². The number of esters is 2. The summed E-state index contributed by atoms with van der Waals surface area (Å²) in [5, 5.41) is 14.5. The van der Waals surface area contributed by atoms with Crippen molar-refractivity contribution in [3.05, 3.63) is 175 Å². The van der Waals surface area contributed by atoms with E-state index in [0.717, 1.165) is 44.1 Å². The molecule has 5 aromatic carbocycles. The predicted molar refractivity (Wildman–Crippen MR) is 199 cm³/mol. The average molecular weight is 721 g/mol. The van der Waals surface area contributed by atoms with E-state index in [2.05, 4.69) is 17.1 Å². The number of halogens is 2. The summed E-state index contributed by atoms with van der Waals surface area (Å²) in [4.78, 5) is 38.1. The van der Waals surface area contributed by atoms with Gasteiger partial charge in [-0.2, -0.15) is 0 Å². The lowest BCUT2D eigenvalue weighted by Gasteiger charge is -2.10. The van der Waals surface area contributed by atoms with Crippen LogP contribution in [0.5, 0.6) is 0 Å². The second-order valence-corrected chi connectivity index (χ2v) is 12.5. The van der Waals surface area contributed by atoms with Crippen LogP contribution in [0.25, 0.3) is 27.5 Å². The van der Waals surface area contributed by atoms with Gasteiger partial charge in [0.1, 0.15) is 5.69 Å². The third-order valence-electron chi connectivity index (χ3n) is 8.45. The van der Waals surface area contributed by atoms with Gasteiger partial charge in [-0.3, -0.25) is 10.1 Å². The highest BCUT2D eigenvalue weighted by Crippen LogP contribution is 2.29. The van der Waals surface area contributed by atoms with Crippen LogP contribution < -0.4 is 0 Å². The molecule has 0 aliphatic heterocycles. The lowest BCUT2D eigenvalue weighted by molar-refractivity contribution is -0.384. The van der Waals surface area contributed by atoms with Crippen LogP contribution in [-0.2, 0) is 22.3 Å². The van der Waals surface area contributed by atoms with E-state index in [9.17, 15) is 19.7 Å². The number of hydrogen-bond acceptors (Lipinski definition) is 6. The van der Waals surface area contributed by atoms with E-state index in [-0.39, 0.29) is 16.6 Å². The quantitative estimate of drug-likeness (QED) is 0.0950. The van der Waals surface area contributed by atoms with E-state index < -0.39 is 5.97 Å². The first-order valence-corrected chi connectivity index (χ1v) is 16.5. The average Bonchev–Trinajstić information content (AvgIpc) is 3.79. The van der Waals surface area contributed by atoms with Crippen LogP contribution >= 0.6 is 23.2 Å². The van der Waals surface area contributed by atoms with Crippen molar-refractivity contribution in [2.45, 2.75) is 12.8 Å². The number of benzene rings is 5. The fourth-order valence-corrected chi connectivity index (χ4v) is 6.34. The maximum absolute atomic E-state index is 12.1. The largest absolute Gasteiger partial charge is 0.465 e. The zero-order valence-corrected chi connectivity index (χ0v) is 29.1. The van der Waals surface area contributed by atoms with Gasteiger partial charge in [0.25, 0.3) is 5.69 Å². The van der Waals surface area contributed by atoms with Crippen LogP contribution in [0.2, 0.25) is 10.0 Å². The number of methoxy groups -OCH3 is 2. The van der Waals surface area contributed by atoms with E-state index in [4.69, 9.17) is 32.7 Å². The highest BCUT2D eigenvalue weighted by molar-refractivity contribution is 6.31. The summed E-state index contributed by atoms with van der Waals surface area (Å²) in [6.45, 7) is 0. The lowest BCUT2D eigenvalue weighted by atomic mass is 9.99. The molecule has 0 radical (unpaired) electrons. The Labute approximate surface area is 303 Å². The zero-order valence-electron chi connectivity index (χ0n) is 27.6. The summed E-state index contributed by atoms with van der Waals surface area (Å²) in [7, 11) is 2.71. The topological polar surface area (TPSA) is 116 Å². The Morgan fingerprint density at radius 1 is 0.725 bits per heavy atom. The van der Waals surface area contributed by atoms with Crippen molar-refractivity contribution in [1.29, 1.82) is 0 Å². The van der Waals surface area contributed by atoms with Crippen molar-refractivity contribution >= 4 is 62.6 Å². The zero-order chi connectivity index (χ0) is 36.1. The molecule has 0 aliphatic rings. The molecule has 0 saturated carbocycles. The fraction of sp³-hybridized carbons (Fsp3) is 0.100. The molecule has 2 heterocycles. The maximum Gasteiger partial charge on any atom is 0.338 e. The number of rotatable bonds is 8. The fourth-order valence-electron chi connectivity index (χ4n) is 5.99. The van der Waals surface area contributed by atoms with Gasteiger partial charge >= 0.3 is 11.9 Å². The van der Waals surface area contributed by atoms with Gasteiger partial charge in [0.15, 0.2) is 0 Å². The molecule has 7 aromatic rings. The monoisotopic (exact) mass is 719 g/mol. The van der Waals surface area contributed by atoms with Crippen LogP contribution in [0.15, 0.2) is 122 Å². The number of aromatic nitrogens is 2. The van der Waals surface area contributed by atoms with Gasteiger partial charge in [-0.15, -0.1) is 0 Å². The smallest absolute Gasteiger partial charge is 0.338 e. The number of hydrogen-bond donors (Lipinski definition) is 1. The first kappa shape index (κ1) is 34.9. The van der Waals surface area contributed by atoms with E-state index in [1.165, 1.54) is 20.3 Å². The summed E-state index contributed by atoms with van der Waals surface area (Å²) < 4.78 is 11.5. The van der Waals surface area contributed by atoms with Gasteiger partial charge in [0.05, 0.1) is 35.8 Å². The molecule has 0 spiro atoms. The Morgan fingerprint density at radius 2 is 1.31 bits per heavy atom. The molecule has 256 valence electrons. The molecule has 0 unspecified atom stereocenters. The first-order chi connectivity index (χ1) is 24.6. The van der Waals surface area contributed by atoms with E-state index in [0.29, 0.717) is 39.7 Å². The van der Waals surface area contributed by atoms with Gasteiger partial charge in [0, 0.05) is 39.4 Å². The summed E-state index contributed by atoms with van der Waals surface area (Å²) in [5.74, 6) is -0.800. The van der Waals surface area contributed by atoms with Crippen molar-refractivity contribution in [1.82, 2.24) is 9.55 Å². The van der Waals surface area contributed by atoms with Crippen molar-refractivity contribution in [3.8, 4) is 5.69 Å². The number of carbonyl (C=O) groups excluding carboxylic acids is 2. The highest BCUT2D eigenvalue weighted by Gasteiger charge is 2.17. The molecule has 11 heteroatoms. The van der Waals surface area contributed by atoms with Crippen molar-refractivity contribution in [2.75, 3.05) is 14.2 Å². The second kappa shape index (κ2) is 15.3. The second-order valence-electron chi connectivity index (χ2n) is 11.7. The van der Waals surface area contributed by atoms with Gasteiger partial charge in [-0.25, -0.2) is 9.59 Å². The molecular formula is C40H31Cl2N3O6. The molecule has 2 aromatic heterocycles. The number of nitro groups is 1. The molecule has 0 saturated heterocycles. The molecule has 1 N–H and O–H groups in total. The molecular weight excluding hydrogens is 689 g/mol. The Hall–Kier alpha value is -5.90. The van der Waals surface area contributed by atoms with E-state index >= 15 is 0 Å². The summed E-state index contributed by atoms with van der Waals surface area (Å²) >= 11 is 12.0. The molecule has 9 nitrogen and oxygen atoms in total. The Morgan fingerprint density at radius 3 is 1.92 bits per heavy atom. The molecule has 0 fully saturated rings. The number of nitrogens with one attached hydrogen (secondary N) is 1. The number of carbonyl (C=O) groups is 2. The maximum atomic E-state index is 12.1. The summed E-state index contributed by atoms with van der Waals surface area (Å²) in [6, 6.07) is 33.1. The third-order valence-corrected chi connectivity index (χ3v) is 8.92. The van der Waals surface area contributed by atoms with Gasteiger partial charge in [-0.1, -0.05) is 59.6 Å². The molecule has 51 heavy (non-hydrogen) atoms. The number of nitro benzene ring substituents is 1.